The van der Waals surface area contributed by atoms with Crippen LogP contribution in [0.4, 0.5) is 0 Å². The first-order valence-electron chi connectivity index (χ1n) is 9.87. The van der Waals surface area contributed by atoms with Gasteiger partial charge in [0, 0.05) is 31.2 Å². The highest BCUT2D eigenvalue weighted by atomic mass is 32.2. The van der Waals surface area contributed by atoms with E-state index in [4.69, 9.17) is 4.74 Å². The second-order valence-electron chi connectivity index (χ2n) is 7.76. The number of sulfonamides is 1. The van der Waals surface area contributed by atoms with Crippen molar-refractivity contribution in [3.05, 3.63) is 54.4 Å². The highest BCUT2D eigenvalue weighted by Gasteiger charge is 2.42. The van der Waals surface area contributed by atoms with Gasteiger partial charge < -0.3 is 4.74 Å². The summed E-state index contributed by atoms with van der Waals surface area (Å²) < 4.78 is 34.0. The van der Waals surface area contributed by atoms with Gasteiger partial charge in [-0.3, -0.25) is 9.88 Å². The zero-order valence-electron chi connectivity index (χ0n) is 16.3. The fourth-order valence-electron chi connectivity index (χ4n) is 4.15. The largest absolute Gasteiger partial charge is 0.492 e. The molecule has 1 aromatic carbocycles. The van der Waals surface area contributed by atoms with Crippen LogP contribution in [-0.4, -0.2) is 55.4 Å². The van der Waals surface area contributed by atoms with Crippen LogP contribution in [0, 0.1) is 5.41 Å². The Morgan fingerprint density at radius 1 is 1.11 bits per heavy atom. The molecule has 4 rings (SSSR count). The molecule has 0 atom stereocenters. The van der Waals surface area contributed by atoms with Crippen molar-refractivity contribution in [3.8, 4) is 5.75 Å². The number of piperidine rings is 1. The molecule has 2 aliphatic heterocycles. The van der Waals surface area contributed by atoms with Gasteiger partial charge in [-0.2, -0.15) is 4.31 Å². The first kappa shape index (κ1) is 19.4. The average Bonchev–Trinajstić information content (AvgIpc) is 2.72. The minimum atomic E-state index is -3.55. The predicted molar refractivity (Wildman–Crippen MR) is 108 cm³/mol. The summed E-state index contributed by atoms with van der Waals surface area (Å²) in [5, 5.41) is 0. The van der Waals surface area contributed by atoms with E-state index in [2.05, 4.69) is 9.88 Å². The van der Waals surface area contributed by atoms with E-state index >= 15 is 0 Å². The topological polar surface area (TPSA) is 62.7 Å². The maximum Gasteiger partial charge on any atom is 0.246 e. The normalized spacial score (nSPS) is 22.0. The number of rotatable bonds is 3. The van der Waals surface area contributed by atoms with Gasteiger partial charge in [-0.15, -0.1) is 0 Å². The standard InChI is InChI=1S/C21H27N3O3S/c1-2-24-16-21(17-27-19-8-3-4-9-20(19)28(24,25)26)10-13-23(14-11-21)15-18-7-5-6-12-22-18/h3-9,12H,2,10-11,13-17H2,1H3. The molecular weight excluding hydrogens is 374 g/mol. The number of hydrogen-bond acceptors (Lipinski definition) is 5. The fraction of sp³-hybridized carbons (Fsp3) is 0.476. The van der Waals surface area contributed by atoms with E-state index in [1.54, 1.807) is 22.5 Å². The van der Waals surface area contributed by atoms with Crippen LogP contribution in [0.25, 0.3) is 0 Å². The first-order chi connectivity index (χ1) is 13.5. The minimum absolute atomic E-state index is 0.156. The van der Waals surface area contributed by atoms with Crippen LogP contribution in [0.1, 0.15) is 25.5 Å². The van der Waals surface area contributed by atoms with Crippen molar-refractivity contribution < 1.29 is 13.2 Å². The van der Waals surface area contributed by atoms with E-state index in [0.29, 0.717) is 25.4 Å². The highest BCUT2D eigenvalue weighted by Crippen LogP contribution is 2.39. The maximum absolute atomic E-state index is 13.2. The fourth-order valence-corrected chi connectivity index (χ4v) is 5.84. The Balaban J connectivity index is 1.53. The molecule has 0 bridgehead atoms. The second kappa shape index (κ2) is 7.81. The van der Waals surface area contributed by atoms with E-state index in [9.17, 15) is 8.42 Å². The Morgan fingerprint density at radius 3 is 2.57 bits per heavy atom. The molecule has 1 saturated heterocycles. The van der Waals surface area contributed by atoms with Gasteiger partial charge in [-0.1, -0.05) is 25.1 Å². The third-order valence-corrected chi connectivity index (χ3v) is 7.85. The summed E-state index contributed by atoms with van der Waals surface area (Å²) in [6.45, 7) is 6.10. The Morgan fingerprint density at radius 2 is 1.86 bits per heavy atom. The smallest absolute Gasteiger partial charge is 0.246 e. The molecule has 0 N–H and O–H groups in total. The number of aromatic nitrogens is 1. The summed E-state index contributed by atoms with van der Waals surface area (Å²) in [4.78, 5) is 7.09. The van der Waals surface area contributed by atoms with Crippen LogP contribution < -0.4 is 4.74 Å². The van der Waals surface area contributed by atoms with Gasteiger partial charge in [0.15, 0.2) is 0 Å². The molecule has 0 amide bonds. The minimum Gasteiger partial charge on any atom is -0.492 e. The highest BCUT2D eigenvalue weighted by molar-refractivity contribution is 7.89. The number of para-hydroxylation sites is 1. The lowest BCUT2D eigenvalue weighted by Gasteiger charge is -2.44. The Kier molecular flexibility index (Phi) is 5.40. The number of hydrogen-bond donors (Lipinski definition) is 0. The van der Waals surface area contributed by atoms with Crippen LogP contribution >= 0.6 is 0 Å². The number of pyridine rings is 1. The lowest BCUT2D eigenvalue weighted by Crippen LogP contribution is -2.51. The van der Waals surface area contributed by atoms with Gasteiger partial charge in [-0.05, 0) is 50.2 Å². The molecule has 150 valence electrons. The van der Waals surface area contributed by atoms with E-state index in [-0.39, 0.29) is 10.3 Å². The summed E-state index contributed by atoms with van der Waals surface area (Å²) in [6.07, 6.45) is 3.65. The molecule has 1 aromatic heterocycles. The average molecular weight is 402 g/mol. The van der Waals surface area contributed by atoms with Crippen molar-refractivity contribution in [1.29, 1.82) is 0 Å². The van der Waals surface area contributed by atoms with E-state index in [0.717, 1.165) is 38.2 Å². The van der Waals surface area contributed by atoms with Crippen LogP contribution in [-0.2, 0) is 16.6 Å². The van der Waals surface area contributed by atoms with Gasteiger partial charge in [0.2, 0.25) is 10.0 Å². The van der Waals surface area contributed by atoms with Gasteiger partial charge in [0.25, 0.3) is 0 Å². The third kappa shape index (κ3) is 3.79. The second-order valence-corrected chi connectivity index (χ2v) is 9.67. The van der Waals surface area contributed by atoms with Crippen LogP contribution in [0.3, 0.4) is 0 Å². The SMILES string of the molecule is CCN1CC2(CCN(Cc3ccccn3)CC2)COc2ccccc2S1(=O)=O. The zero-order chi connectivity index (χ0) is 19.6. The molecule has 28 heavy (non-hydrogen) atoms. The molecular formula is C21H27N3O3S. The molecule has 0 unspecified atom stereocenters. The summed E-state index contributed by atoms with van der Waals surface area (Å²) in [5.41, 5.74) is 0.913. The van der Waals surface area contributed by atoms with Crippen molar-refractivity contribution in [2.45, 2.75) is 31.2 Å². The number of fused-ring (bicyclic) bond motifs is 1. The van der Waals surface area contributed by atoms with Gasteiger partial charge in [-0.25, -0.2) is 8.42 Å². The van der Waals surface area contributed by atoms with Crippen LogP contribution in [0.2, 0.25) is 0 Å². The lowest BCUT2D eigenvalue weighted by molar-refractivity contribution is 0.0329. The van der Waals surface area contributed by atoms with Crippen molar-refractivity contribution >= 4 is 10.0 Å². The molecule has 3 heterocycles. The summed E-state index contributed by atoms with van der Waals surface area (Å²) in [6, 6.07) is 13.0. The molecule has 0 saturated carbocycles. The zero-order valence-corrected chi connectivity index (χ0v) is 17.1. The number of likely N-dealkylation sites (tertiary alicyclic amines) is 1. The van der Waals surface area contributed by atoms with Crippen molar-refractivity contribution in [2.24, 2.45) is 5.41 Å². The van der Waals surface area contributed by atoms with Crippen molar-refractivity contribution in [2.75, 3.05) is 32.8 Å². The van der Waals surface area contributed by atoms with E-state index in [1.807, 2.05) is 37.4 Å². The van der Waals surface area contributed by atoms with Gasteiger partial charge in [0.1, 0.15) is 10.6 Å². The van der Waals surface area contributed by atoms with E-state index < -0.39 is 10.0 Å². The molecule has 7 heteroatoms. The lowest BCUT2D eigenvalue weighted by atomic mass is 9.78. The quantitative estimate of drug-likeness (QED) is 0.791. The first-order valence-corrected chi connectivity index (χ1v) is 11.3. The molecule has 1 fully saturated rings. The number of nitrogens with zero attached hydrogens (tertiary/aromatic N) is 3. The summed E-state index contributed by atoms with van der Waals surface area (Å²) in [5.74, 6) is 0.468. The van der Waals surface area contributed by atoms with Crippen LogP contribution in [0.15, 0.2) is 53.6 Å². The third-order valence-electron chi connectivity index (χ3n) is 5.89. The van der Waals surface area contributed by atoms with Gasteiger partial charge >= 0.3 is 0 Å². The molecule has 0 radical (unpaired) electrons. The molecule has 6 nitrogen and oxygen atoms in total. The summed E-state index contributed by atoms with van der Waals surface area (Å²) in [7, 11) is -3.55. The van der Waals surface area contributed by atoms with Gasteiger partial charge in [0.05, 0.1) is 12.3 Å². The number of ether oxygens (including phenoxy) is 1. The van der Waals surface area contributed by atoms with E-state index in [1.165, 1.54) is 0 Å². The molecule has 2 aliphatic rings. The Labute approximate surface area is 167 Å². The molecule has 1 spiro atoms. The number of benzene rings is 1. The predicted octanol–water partition coefficient (Wildman–Crippen LogP) is 2.77. The summed E-state index contributed by atoms with van der Waals surface area (Å²) >= 11 is 0. The Hall–Kier alpha value is -1.96. The molecule has 0 aliphatic carbocycles. The van der Waals surface area contributed by atoms with Crippen LogP contribution in [0.5, 0.6) is 5.75 Å². The molecule has 2 aromatic rings. The monoisotopic (exact) mass is 401 g/mol. The maximum atomic E-state index is 13.2. The Bertz CT molecular complexity index is 910. The van der Waals surface area contributed by atoms with Crippen molar-refractivity contribution in [1.82, 2.24) is 14.2 Å². The van der Waals surface area contributed by atoms with Crippen molar-refractivity contribution in [3.63, 3.8) is 0 Å².